The van der Waals surface area contributed by atoms with Gasteiger partial charge in [-0.15, -0.1) is 0 Å². The molecule has 0 spiro atoms. The standard InChI is InChI=1S/C24H19BrN6O2S/c1-34(32,33)18-7-4-15(5-8-18)11-21-22(25)23(26)31-24(30-21)19(14-29-31)16-6-9-20(28-13-16)17-3-2-10-27-12-17/h2-10,12-14H,11,26H2,1H3. The van der Waals surface area contributed by atoms with E-state index in [9.17, 15) is 8.42 Å². The van der Waals surface area contributed by atoms with Crippen LogP contribution in [-0.4, -0.2) is 39.2 Å². The Morgan fingerprint density at radius 2 is 1.79 bits per heavy atom. The lowest BCUT2D eigenvalue weighted by molar-refractivity contribution is 0.602. The summed E-state index contributed by atoms with van der Waals surface area (Å²) in [5, 5.41) is 4.42. The smallest absolute Gasteiger partial charge is 0.175 e. The third-order valence-electron chi connectivity index (χ3n) is 5.45. The highest BCUT2D eigenvalue weighted by atomic mass is 79.9. The molecule has 0 fully saturated rings. The second kappa shape index (κ2) is 8.62. The van der Waals surface area contributed by atoms with Gasteiger partial charge in [-0.3, -0.25) is 9.97 Å². The van der Waals surface area contributed by atoms with Crippen LogP contribution in [0.3, 0.4) is 0 Å². The molecule has 5 rings (SSSR count). The number of pyridine rings is 2. The number of aromatic nitrogens is 5. The molecular weight excluding hydrogens is 516 g/mol. The van der Waals surface area contributed by atoms with Gasteiger partial charge in [0.2, 0.25) is 0 Å². The molecule has 5 aromatic rings. The summed E-state index contributed by atoms with van der Waals surface area (Å²) in [5.74, 6) is 0.430. The van der Waals surface area contributed by atoms with E-state index in [0.29, 0.717) is 22.4 Å². The number of nitrogen functional groups attached to an aromatic ring is 1. The van der Waals surface area contributed by atoms with Crippen LogP contribution in [0.5, 0.6) is 0 Å². The molecule has 0 aliphatic carbocycles. The molecule has 8 nitrogen and oxygen atoms in total. The summed E-state index contributed by atoms with van der Waals surface area (Å²) in [6.07, 6.45) is 8.65. The van der Waals surface area contributed by atoms with E-state index in [-0.39, 0.29) is 4.90 Å². The number of anilines is 1. The first kappa shape index (κ1) is 22.2. The van der Waals surface area contributed by atoms with Gasteiger partial charge in [0.25, 0.3) is 0 Å². The number of benzene rings is 1. The van der Waals surface area contributed by atoms with Crippen LogP contribution in [-0.2, 0) is 16.3 Å². The predicted molar refractivity (Wildman–Crippen MR) is 134 cm³/mol. The number of hydrogen-bond donors (Lipinski definition) is 1. The van der Waals surface area contributed by atoms with Crippen LogP contribution in [0.25, 0.3) is 28.0 Å². The fraction of sp³-hybridized carbons (Fsp3) is 0.0833. The first-order valence-electron chi connectivity index (χ1n) is 10.3. The van der Waals surface area contributed by atoms with Gasteiger partial charge in [0.05, 0.1) is 27.0 Å². The molecule has 0 bridgehead atoms. The van der Waals surface area contributed by atoms with Crippen LogP contribution in [0, 0.1) is 0 Å². The third kappa shape index (κ3) is 4.17. The molecule has 2 N–H and O–H groups in total. The zero-order valence-electron chi connectivity index (χ0n) is 18.1. The quantitative estimate of drug-likeness (QED) is 0.359. The Balaban J connectivity index is 1.52. The summed E-state index contributed by atoms with van der Waals surface area (Å²) in [5.41, 5.74) is 12.0. The van der Waals surface area contributed by atoms with Crippen LogP contribution >= 0.6 is 15.9 Å². The average molecular weight is 535 g/mol. The van der Waals surface area contributed by atoms with E-state index < -0.39 is 9.84 Å². The van der Waals surface area contributed by atoms with Crippen molar-refractivity contribution in [3.63, 3.8) is 0 Å². The van der Waals surface area contributed by atoms with E-state index in [1.54, 1.807) is 53.6 Å². The molecule has 0 amide bonds. The predicted octanol–water partition coefficient (Wildman–Crippen LogP) is 4.19. The Bertz CT molecular complexity index is 1600. The minimum Gasteiger partial charge on any atom is -0.383 e. The van der Waals surface area contributed by atoms with Gasteiger partial charge in [-0.25, -0.2) is 13.4 Å². The van der Waals surface area contributed by atoms with Crippen molar-refractivity contribution in [1.29, 1.82) is 0 Å². The van der Waals surface area contributed by atoms with E-state index in [1.165, 1.54) is 6.26 Å². The van der Waals surface area contributed by atoms with Gasteiger partial charge in [0.15, 0.2) is 15.5 Å². The number of rotatable bonds is 5. The van der Waals surface area contributed by atoms with Crippen molar-refractivity contribution in [1.82, 2.24) is 24.6 Å². The molecule has 0 saturated carbocycles. The minimum absolute atomic E-state index is 0.276. The maximum absolute atomic E-state index is 11.7. The van der Waals surface area contributed by atoms with E-state index in [1.807, 2.05) is 24.3 Å². The fourth-order valence-electron chi connectivity index (χ4n) is 3.65. The normalized spacial score (nSPS) is 11.7. The molecule has 34 heavy (non-hydrogen) atoms. The van der Waals surface area contributed by atoms with Crippen LogP contribution in [0.1, 0.15) is 11.3 Å². The first-order chi connectivity index (χ1) is 16.3. The van der Waals surface area contributed by atoms with Crippen molar-refractivity contribution in [2.24, 2.45) is 0 Å². The Hall–Kier alpha value is -3.63. The van der Waals surface area contributed by atoms with E-state index in [2.05, 4.69) is 31.0 Å². The Labute approximate surface area is 204 Å². The maximum Gasteiger partial charge on any atom is 0.175 e. The lowest BCUT2D eigenvalue weighted by Crippen LogP contribution is -2.06. The highest BCUT2D eigenvalue weighted by Gasteiger charge is 2.17. The molecule has 0 radical (unpaired) electrons. The van der Waals surface area contributed by atoms with Gasteiger partial charge in [-0.1, -0.05) is 18.2 Å². The molecule has 4 heterocycles. The highest BCUT2D eigenvalue weighted by Crippen LogP contribution is 2.31. The van der Waals surface area contributed by atoms with Crippen molar-refractivity contribution < 1.29 is 8.42 Å². The second-order valence-electron chi connectivity index (χ2n) is 7.82. The average Bonchev–Trinajstić information content (AvgIpc) is 3.27. The van der Waals surface area contributed by atoms with Crippen molar-refractivity contribution >= 4 is 37.2 Å². The van der Waals surface area contributed by atoms with Gasteiger partial charge in [-0.05, 0) is 51.8 Å². The Morgan fingerprint density at radius 1 is 1.00 bits per heavy atom. The van der Waals surface area contributed by atoms with Crippen LogP contribution in [0.2, 0.25) is 0 Å². The summed E-state index contributed by atoms with van der Waals surface area (Å²) < 4.78 is 25.7. The fourth-order valence-corrected chi connectivity index (χ4v) is 4.68. The first-order valence-corrected chi connectivity index (χ1v) is 13.0. The summed E-state index contributed by atoms with van der Waals surface area (Å²) in [6, 6.07) is 14.5. The summed E-state index contributed by atoms with van der Waals surface area (Å²) in [7, 11) is -3.25. The van der Waals surface area contributed by atoms with E-state index in [0.717, 1.165) is 33.6 Å². The van der Waals surface area contributed by atoms with Crippen molar-refractivity contribution in [2.45, 2.75) is 11.3 Å². The molecule has 0 unspecified atom stereocenters. The minimum atomic E-state index is -3.25. The molecule has 0 atom stereocenters. The van der Waals surface area contributed by atoms with Gasteiger partial charge in [0.1, 0.15) is 5.82 Å². The third-order valence-corrected chi connectivity index (χ3v) is 7.44. The van der Waals surface area contributed by atoms with Gasteiger partial charge in [-0.2, -0.15) is 9.61 Å². The molecular formula is C24H19BrN6O2S. The van der Waals surface area contributed by atoms with Crippen LogP contribution in [0.4, 0.5) is 5.82 Å². The zero-order valence-corrected chi connectivity index (χ0v) is 20.5. The van der Waals surface area contributed by atoms with Gasteiger partial charge >= 0.3 is 0 Å². The van der Waals surface area contributed by atoms with Crippen molar-refractivity contribution in [3.05, 3.63) is 89.0 Å². The van der Waals surface area contributed by atoms with E-state index in [4.69, 9.17) is 10.7 Å². The van der Waals surface area contributed by atoms with E-state index >= 15 is 0 Å². The second-order valence-corrected chi connectivity index (χ2v) is 10.6. The molecule has 1 aromatic carbocycles. The monoisotopic (exact) mass is 534 g/mol. The van der Waals surface area contributed by atoms with Crippen molar-refractivity contribution in [3.8, 4) is 22.4 Å². The van der Waals surface area contributed by atoms with Crippen molar-refractivity contribution in [2.75, 3.05) is 12.0 Å². The zero-order chi connectivity index (χ0) is 23.9. The molecule has 170 valence electrons. The highest BCUT2D eigenvalue weighted by molar-refractivity contribution is 9.10. The van der Waals surface area contributed by atoms with Crippen LogP contribution in [0.15, 0.2) is 82.7 Å². The number of halogens is 1. The Kier molecular flexibility index (Phi) is 5.62. The summed E-state index contributed by atoms with van der Waals surface area (Å²) >= 11 is 3.54. The molecule has 10 heteroatoms. The number of nitrogens with two attached hydrogens (primary N) is 1. The Morgan fingerprint density at radius 3 is 2.44 bits per heavy atom. The number of hydrogen-bond acceptors (Lipinski definition) is 7. The molecule has 4 aromatic heterocycles. The largest absolute Gasteiger partial charge is 0.383 e. The van der Waals surface area contributed by atoms with Gasteiger partial charge in [0, 0.05) is 48.0 Å². The number of nitrogens with zero attached hydrogens (tertiary/aromatic N) is 5. The molecule has 0 aliphatic rings. The number of fused-ring (bicyclic) bond motifs is 1. The molecule has 0 saturated heterocycles. The summed E-state index contributed by atoms with van der Waals surface area (Å²) in [4.78, 5) is 13.8. The molecule has 0 aliphatic heterocycles. The maximum atomic E-state index is 11.7. The number of sulfone groups is 1. The lowest BCUT2D eigenvalue weighted by Gasteiger charge is -2.10. The lowest BCUT2D eigenvalue weighted by atomic mass is 10.1. The van der Waals surface area contributed by atoms with Crippen LogP contribution < -0.4 is 5.73 Å². The topological polar surface area (TPSA) is 116 Å². The summed E-state index contributed by atoms with van der Waals surface area (Å²) in [6.45, 7) is 0. The van der Waals surface area contributed by atoms with Gasteiger partial charge < -0.3 is 5.73 Å². The SMILES string of the molecule is CS(=O)(=O)c1ccc(Cc2nc3c(-c4ccc(-c5cccnc5)nc4)cnn3c(N)c2Br)cc1.